The normalized spacial score (nSPS) is 26.2. The molecular weight excluding hydrogens is 210 g/mol. The maximum atomic E-state index is 8.90. The Morgan fingerprint density at radius 3 is 2.71 bits per heavy atom. The molecule has 0 aromatic carbocycles. The van der Waals surface area contributed by atoms with Gasteiger partial charge < -0.3 is 10.6 Å². The van der Waals surface area contributed by atoms with Crippen LogP contribution in [0.5, 0.6) is 0 Å². The number of nitrogens with zero attached hydrogens (tertiary/aromatic N) is 2. The highest BCUT2D eigenvalue weighted by Gasteiger charge is 2.22. The molecule has 0 bridgehead atoms. The van der Waals surface area contributed by atoms with Gasteiger partial charge in [0.15, 0.2) is 0 Å². The van der Waals surface area contributed by atoms with E-state index in [2.05, 4.69) is 24.8 Å². The Bertz CT molecular complexity index is 265. The molecule has 0 spiro atoms. The van der Waals surface area contributed by atoms with E-state index in [4.69, 9.17) is 11.0 Å². The summed E-state index contributed by atoms with van der Waals surface area (Å²) in [6.07, 6.45) is 4.71. The fraction of sp³-hybridized carbons (Fsp3) is 0.929. The Morgan fingerprint density at radius 2 is 2.12 bits per heavy atom. The third-order valence-electron chi connectivity index (χ3n) is 4.01. The van der Waals surface area contributed by atoms with Crippen molar-refractivity contribution in [2.75, 3.05) is 19.6 Å². The summed E-state index contributed by atoms with van der Waals surface area (Å²) in [6, 6.07) is 2.17. The predicted octanol–water partition coefficient (Wildman–Crippen LogP) is 2.38. The first kappa shape index (κ1) is 14.5. The van der Waals surface area contributed by atoms with Gasteiger partial charge in [-0.1, -0.05) is 13.8 Å². The Morgan fingerprint density at radius 1 is 1.41 bits per heavy atom. The topological polar surface area (TPSA) is 53.0 Å². The highest BCUT2D eigenvalue weighted by molar-refractivity contribution is 5.01. The van der Waals surface area contributed by atoms with Gasteiger partial charge in [0, 0.05) is 6.54 Å². The Balaban J connectivity index is 2.35. The van der Waals surface area contributed by atoms with Gasteiger partial charge >= 0.3 is 0 Å². The molecule has 0 saturated carbocycles. The zero-order chi connectivity index (χ0) is 12.9. The monoisotopic (exact) mass is 237 g/mol. The summed E-state index contributed by atoms with van der Waals surface area (Å²) in [5, 5.41) is 8.90. The third-order valence-corrected chi connectivity index (χ3v) is 4.01. The van der Waals surface area contributed by atoms with Crippen molar-refractivity contribution < 1.29 is 0 Å². The summed E-state index contributed by atoms with van der Waals surface area (Å²) in [6.45, 7) is 9.78. The van der Waals surface area contributed by atoms with Crippen LogP contribution >= 0.6 is 0 Å². The van der Waals surface area contributed by atoms with Crippen molar-refractivity contribution in [1.29, 1.82) is 5.26 Å². The molecule has 3 heteroatoms. The maximum absolute atomic E-state index is 8.90. The maximum Gasteiger partial charge on any atom is 0.102 e. The molecule has 0 aliphatic carbocycles. The molecule has 17 heavy (non-hydrogen) atoms. The zero-order valence-electron chi connectivity index (χ0n) is 11.6. The van der Waals surface area contributed by atoms with E-state index in [1.807, 2.05) is 6.92 Å². The van der Waals surface area contributed by atoms with E-state index in [-0.39, 0.29) is 0 Å². The van der Waals surface area contributed by atoms with Crippen molar-refractivity contribution in [3.05, 3.63) is 0 Å². The minimum Gasteiger partial charge on any atom is -0.314 e. The number of hydrogen-bond donors (Lipinski definition) is 1. The second-order valence-electron chi connectivity index (χ2n) is 6.06. The number of hydrogen-bond acceptors (Lipinski definition) is 3. The molecule has 1 saturated heterocycles. The number of nitrogens with two attached hydrogens (primary N) is 1. The molecule has 0 radical (unpaired) electrons. The Hall–Kier alpha value is -0.590. The quantitative estimate of drug-likeness (QED) is 0.816. The van der Waals surface area contributed by atoms with Crippen LogP contribution in [0.4, 0.5) is 0 Å². The van der Waals surface area contributed by atoms with Gasteiger partial charge in [-0.3, -0.25) is 0 Å². The van der Waals surface area contributed by atoms with Crippen LogP contribution < -0.4 is 5.73 Å². The summed E-state index contributed by atoms with van der Waals surface area (Å²) >= 11 is 0. The average molecular weight is 237 g/mol. The molecule has 0 amide bonds. The van der Waals surface area contributed by atoms with Crippen molar-refractivity contribution in [3.8, 4) is 6.07 Å². The van der Waals surface area contributed by atoms with E-state index in [0.717, 1.165) is 24.8 Å². The summed E-state index contributed by atoms with van der Waals surface area (Å²) in [5.41, 5.74) is 5.20. The van der Waals surface area contributed by atoms with Crippen LogP contribution in [-0.4, -0.2) is 30.1 Å². The van der Waals surface area contributed by atoms with Crippen LogP contribution in [-0.2, 0) is 0 Å². The molecule has 1 rings (SSSR count). The molecule has 2 atom stereocenters. The lowest BCUT2D eigenvalue weighted by Gasteiger charge is -2.24. The van der Waals surface area contributed by atoms with E-state index < -0.39 is 5.54 Å². The van der Waals surface area contributed by atoms with Crippen LogP contribution in [0.25, 0.3) is 0 Å². The van der Waals surface area contributed by atoms with E-state index in [1.165, 1.54) is 32.4 Å². The standard InChI is InChI=1S/C14H27N3/c1-12(2)13-5-4-8-17(9-6-13)10-7-14(3,16)11-15/h12-13H,4-10,16H2,1-3H3. The summed E-state index contributed by atoms with van der Waals surface area (Å²) in [4.78, 5) is 2.48. The van der Waals surface area contributed by atoms with Gasteiger partial charge in [-0.2, -0.15) is 5.26 Å². The molecule has 2 unspecified atom stereocenters. The van der Waals surface area contributed by atoms with Crippen LogP contribution in [0.2, 0.25) is 0 Å². The van der Waals surface area contributed by atoms with E-state index in [1.54, 1.807) is 0 Å². The van der Waals surface area contributed by atoms with Crippen LogP contribution in [0.15, 0.2) is 0 Å². The molecule has 0 aromatic rings. The van der Waals surface area contributed by atoms with Gasteiger partial charge in [-0.15, -0.1) is 0 Å². The molecule has 1 aliphatic heterocycles. The molecule has 1 aliphatic rings. The van der Waals surface area contributed by atoms with Gasteiger partial charge in [0.1, 0.15) is 5.54 Å². The lowest BCUT2D eigenvalue weighted by Crippen LogP contribution is -2.39. The molecule has 1 fully saturated rings. The lowest BCUT2D eigenvalue weighted by molar-refractivity contribution is 0.256. The van der Waals surface area contributed by atoms with E-state index >= 15 is 0 Å². The van der Waals surface area contributed by atoms with Gasteiger partial charge in [0.2, 0.25) is 0 Å². The molecule has 2 N–H and O–H groups in total. The van der Waals surface area contributed by atoms with E-state index in [9.17, 15) is 0 Å². The molecule has 1 heterocycles. The third kappa shape index (κ3) is 5.06. The summed E-state index contributed by atoms with van der Waals surface area (Å²) in [7, 11) is 0. The molecule has 0 aromatic heterocycles. The summed E-state index contributed by atoms with van der Waals surface area (Å²) < 4.78 is 0. The second-order valence-corrected chi connectivity index (χ2v) is 6.06. The van der Waals surface area contributed by atoms with Gasteiger partial charge in [0.05, 0.1) is 6.07 Å². The fourth-order valence-electron chi connectivity index (χ4n) is 2.52. The summed E-state index contributed by atoms with van der Waals surface area (Å²) in [5.74, 6) is 1.68. The minimum absolute atomic E-state index is 0.663. The van der Waals surface area contributed by atoms with Crippen LogP contribution in [0, 0.1) is 23.2 Å². The zero-order valence-corrected chi connectivity index (χ0v) is 11.6. The fourth-order valence-corrected chi connectivity index (χ4v) is 2.52. The number of rotatable bonds is 4. The van der Waals surface area contributed by atoms with Gasteiger partial charge in [0.25, 0.3) is 0 Å². The van der Waals surface area contributed by atoms with Gasteiger partial charge in [-0.25, -0.2) is 0 Å². The Labute approximate surface area is 106 Å². The molecular formula is C14H27N3. The predicted molar refractivity (Wildman–Crippen MR) is 71.4 cm³/mol. The second kappa shape index (κ2) is 6.37. The van der Waals surface area contributed by atoms with Crippen LogP contribution in [0.3, 0.4) is 0 Å². The van der Waals surface area contributed by atoms with Crippen molar-refractivity contribution in [3.63, 3.8) is 0 Å². The average Bonchev–Trinajstić information content (AvgIpc) is 2.52. The van der Waals surface area contributed by atoms with Crippen molar-refractivity contribution in [1.82, 2.24) is 4.90 Å². The number of nitriles is 1. The van der Waals surface area contributed by atoms with Crippen molar-refractivity contribution in [2.24, 2.45) is 17.6 Å². The molecule has 3 nitrogen and oxygen atoms in total. The molecule has 98 valence electrons. The lowest BCUT2D eigenvalue weighted by atomic mass is 9.89. The first-order valence-electron chi connectivity index (χ1n) is 6.87. The van der Waals surface area contributed by atoms with Crippen molar-refractivity contribution in [2.45, 2.75) is 52.0 Å². The van der Waals surface area contributed by atoms with Gasteiger partial charge in [-0.05, 0) is 57.5 Å². The SMILES string of the molecule is CC(C)C1CCCN(CCC(C)(N)C#N)CC1. The smallest absolute Gasteiger partial charge is 0.102 e. The highest BCUT2D eigenvalue weighted by atomic mass is 15.1. The van der Waals surface area contributed by atoms with E-state index in [0.29, 0.717) is 0 Å². The first-order chi connectivity index (χ1) is 7.94. The largest absolute Gasteiger partial charge is 0.314 e. The van der Waals surface area contributed by atoms with Crippen LogP contribution in [0.1, 0.15) is 46.5 Å². The number of likely N-dealkylation sites (tertiary alicyclic amines) is 1. The van der Waals surface area contributed by atoms with Crippen molar-refractivity contribution >= 4 is 0 Å². The highest BCUT2D eigenvalue weighted by Crippen LogP contribution is 2.24. The first-order valence-corrected chi connectivity index (χ1v) is 6.87. The Kier molecular flexibility index (Phi) is 5.42. The minimum atomic E-state index is -0.663.